The van der Waals surface area contributed by atoms with Gasteiger partial charge in [-0.15, -0.1) is 0 Å². The van der Waals surface area contributed by atoms with Crippen LogP contribution in [0.3, 0.4) is 0 Å². The fourth-order valence-electron chi connectivity index (χ4n) is 2.95. The Kier molecular flexibility index (Phi) is 9.31. The summed E-state index contributed by atoms with van der Waals surface area (Å²) in [5, 5.41) is 3.35. The lowest BCUT2D eigenvalue weighted by atomic mass is 10.2. The molecule has 3 N–H and O–H groups in total. The lowest BCUT2D eigenvalue weighted by Crippen LogP contribution is -2.41. The summed E-state index contributed by atoms with van der Waals surface area (Å²) in [5.41, 5.74) is 6.52. The molecular weight excluding hydrogens is 477 g/mol. The summed E-state index contributed by atoms with van der Waals surface area (Å²) in [6, 6.07) is 21.3. The molecule has 0 heterocycles. The van der Waals surface area contributed by atoms with Crippen LogP contribution in [0.25, 0.3) is 0 Å². The molecule has 3 aromatic carbocycles. The van der Waals surface area contributed by atoms with Crippen LogP contribution in [-0.2, 0) is 16.0 Å². The number of hydrogen-bond acceptors (Lipinski definition) is 4. The molecule has 0 unspecified atom stereocenters. The van der Waals surface area contributed by atoms with E-state index in [1.165, 1.54) is 6.07 Å². The van der Waals surface area contributed by atoms with Crippen molar-refractivity contribution in [3.63, 3.8) is 0 Å². The van der Waals surface area contributed by atoms with Crippen LogP contribution in [0.5, 0.6) is 5.75 Å². The lowest BCUT2D eigenvalue weighted by molar-refractivity contribution is -0.124. The van der Waals surface area contributed by atoms with E-state index in [1.807, 2.05) is 30.3 Å². The number of carbonyl (C=O) groups is 3. The second kappa shape index (κ2) is 12.6. The zero-order valence-electron chi connectivity index (χ0n) is 18.1. The van der Waals surface area contributed by atoms with Gasteiger partial charge in [-0.1, -0.05) is 59.6 Å². The largest absolute Gasteiger partial charge is 0.493 e. The van der Waals surface area contributed by atoms with Crippen LogP contribution in [0.2, 0.25) is 10.0 Å². The minimum absolute atomic E-state index is 0.0919. The predicted octanol–water partition coefficient (Wildman–Crippen LogP) is 4.79. The lowest BCUT2D eigenvalue weighted by Gasteiger charge is -2.10. The molecule has 3 amide bonds. The van der Waals surface area contributed by atoms with Gasteiger partial charge in [0.25, 0.3) is 5.91 Å². The van der Waals surface area contributed by atoms with Crippen molar-refractivity contribution in [2.45, 2.75) is 19.3 Å². The quantitative estimate of drug-likeness (QED) is 0.368. The SMILES string of the molecule is O=C(CCC(=O)Nc1ccc(Cl)cc1Cl)NNC(=O)c1cccc(OCCc2ccccc2)c1. The summed E-state index contributed by atoms with van der Waals surface area (Å²) in [5.74, 6) is -0.862. The Balaban J connectivity index is 1.40. The van der Waals surface area contributed by atoms with E-state index >= 15 is 0 Å². The Labute approximate surface area is 207 Å². The predicted molar refractivity (Wildman–Crippen MR) is 132 cm³/mol. The van der Waals surface area contributed by atoms with Gasteiger partial charge in [0.15, 0.2) is 0 Å². The van der Waals surface area contributed by atoms with Gasteiger partial charge < -0.3 is 10.1 Å². The Morgan fingerprint density at radius 2 is 1.56 bits per heavy atom. The van der Waals surface area contributed by atoms with Gasteiger partial charge in [-0.25, -0.2) is 0 Å². The van der Waals surface area contributed by atoms with Crippen molar-refractivity contribution < 1.29 is 19.1 Å². The molecule has 0 aliphatic rings. The van der Waals surface area contributed by atoms with Crippen molar-refractivity contribution in [3.8, 4) is 5.75 Å². The van der Waals surface area contributed by atoms with E-state index in [9.17, 15) is 14.4 Å². The number of halogens is 2. The topological polar surface area (TPSA) is 96.5 Å². The van der Waals surface area contributed by atoms with Gasteiger partial charge in [0.1, 0.15) is 5.75 Å². The van der Waals surface area contributed by atoms with Gasteiger partial charge >= 0.3 is 0 Å². The second-order valence-electron chi connectivity index (χ2n) is 7.29. The Morgan fingerprint density at radius 1 is 0.794 bits per heavy atom. The van der Waals surface area contributed by atoms with E-state index in [0.29, 0.717) is 33.7 Å². The zero-order valence-corrected chi connectivity index (χ0v) is 19.7. The Hall–Kier alpha value is -3.55. The van der Waals surface area contributed by atoms with Crippen molar-refractivity contribution in [1.82, 2.24) is 10.9 Å². The molecule has 7 nitrogen and oxygen atoms in total. The van der Waals surface area contributed by atoms with Gasteiger partial charge in [0.2, 0.25) is 11.8 Å². The highest BCUT2D eigenvalue weighted by Crippen LogP contribution is 2.25. The molecule has 0 spiro atoms. The normalized spacial score (nSPS) is 10.3. The number of ether oxygens (including phenoxy) is 1. The first-order chi connectivity index (χ1) is 16.4. The molecule has 3 aromatic rings. The number of hydrazine groups is 1. The second-order valence-corrected chi connectivity index (χ2v) is 8.13. The third kappa shape index (κ3) is 8.10. The molecule has 176 valence electrons. The van der Waals surface area contributed by atoms with E-state index in [-0.39, 0.29) is 12.8 Å². The molecule has 9 heteroatoms. The number of amides is 3. The number of nitrogens with one attached hydrogen (secondary N) is 3. The molecule has 34 heavy (non-hydrogen) atoms. The van der Waals surface area contributed by atoms with Crippen LogP contribution in [0.4, 0.5) is 5.69 Å². The van der Waals surface area contributed by atoms with Crippen molar-refractivity contribution in [2.75, 3.05) is 11.9 Å². The van der Waals surface area contributed by atoms with Crippen molar-refractivity contribution >= 4 is 46.6 Å². The van der Waals surface area contributed by atoms with Crippen LogP contribution in [0.15, 0.2) is 72.8 Å². The molecule has 0 atom stereocenters. The molecule has 3 rings (SSSR count). The number of anilines is 1. The molecule has 0 saturated heterocycles. The average Bonchev–Trinajstić information content (AvgIpc) is 2.84. The smallest absolute Gasteiger partial charge is 0.269 e. The van der Waals surface area contributed by atoms with Crippen molar-refractivity contribution in [3.05, 3.63) is 94.0 Å². The number of hydrogen-bond donors (Lipinski definition) is 3. The fourth-order valence-corrected chi connectivity index (χ4v) is 3.41. The maximum atomic E-state index is 12.4. The van der Waals surface area contributed by atoms with Gasteiger partial charge in [-0.05, 0) is 42.0 Å². The van der Waals surface area contributed by atoms with Gasteiger partial charge in [-0.3, -0.25) is 25.2 Å². The van der Waals surface area contributed by atoms with Crippen molar-refractivity contribution in [2.24, 2.45) is 0 Å². The highest BCUT2D eigenvalue weighted by Gasteiger charge is 2.12. The first kappa shape index (κ1) is 25.1. The van der Waals surface area contributed by atoms with Crippen LogP contribution in [-0.4, -0.2) is 24.3 Å². The third-order valence-electron chi connectivity index (χ3n) is 4.70. The Bertz CT molecular complexity index is 1160. The monoisotopic (exact) mass is 499 g/mol. The molecule has 0 aliphatic heterocycles. The summed E-state index contributed by atoms with van der Waals surface area (Å²) >= 11 is 11.8. The van der Waals surface area contributed by atoms with Crippen molar-refractivity contribution in [1.29, 1.82) is 0 Å². The van der Waals surface area contributed by atoms with E-state index < -0.39 is 17.7 Å². The molecule has 0 aromatic heterocycles. The number of rotatable bonds is 9. The number of carbonyl (C=O) groups excluding carboxylic acids is 3. The summed E-state index contributed by atoms with van der Waals surface area (Å²) < 4.78 is 5.73. The Morgan fingerprint density at radius 3 is 2.32 bits per heavy atom. The number of benzene rings is 3. The summed E-state index contributed by atoms with van der Waals surface area (Å²) in [7, 11) is 0. The highest BCUT2D eigenvalue weighted by atomic mass is 35.5. The molecular formula is C25H23Cl2N3O4. The maximum Gasteiger partial charge on any atom is 0.269 e. The molecule has 0 bridgehead atoms. The molecule has 0 aliphatic carbocycles. The zero-order chi connectivity index (χ0) is 24.3. The van der Waals surface area contributed by atoms with Crippen LogP contribution in [0, 0.1) is 0 Å². The fraction of sp³-hybridized carbons (Fsp3) is 0.160. The summed E-state index contributed by atoms with van der Waals surface area (Å²) in [6.45, 7) is 0.467. The minimum Gasteiger partial charge on any atom is -0.493 e. The van der Waals surface area contributed by atoms with E-state index in [1.54, 1.807) is 36.4 Å². The van der Waals surface area contributed by atoms with Gasteiger partial charge in [0, 0.05) is 29.8 Å². The van der Waals surface area contributed by atoms with E-state index in [2.05, 4.69) is 16.2 Å². The van der Waals surface area contributed by atoms with Gasteiger partial charge in [-0.2, -0.15) is 0 Å². The van der Waals surface area contributed by atoms with E-state index in [0.717, 1.165) is 12.0 Å². The van der Waals surface area contributed by atoms with Crippen LogP contribution < -0.4 is 20.9 Å². The first-order valence-electron chi connectivity index (χ1n) is 10.5. The minimum atomic E-state index is -0.513. The molecule has 0 saturated carbocycles. The summed E-state index contributed by atoms with van der Waals surface area (Å²) in [4.78, 5) is 36.4. The average molecular weight is 500 g/mol. The standard InChI is InChI=1S/C25H23Cl2N3O4/c26-19-9-10-22(21(27)16-19)28-23(31)11-12-24(32)29-30-25(33)18-7-4-8-20(15-18)34-14-13-17-5-2-1-3-6-17/h1-10,15-16H,11-14H2,(H,28,31)(H,29,32)(H,30,33). The maximum absolute atomic E-state index is 12.4. The van der Waals surface area contributed by atoms with Crippen LogP contribution in [0.1, 0.15) is 28.8 Å². The summed E-state index contributed by atoms with van der Waals surface area (Å²) in [6.07, 6.45) is 0.524. The molecule has 0 radical (unpaired) electrons. The van der Waals surface area contributed by atoms with E-state index in [4.69, 9.17) is 27.9 Å². The van der Waals surface area contributed by atoms with Gasteiger partial charge in [0.05, 0.1) is 17.3 Å². The van der Waals surface area contributed by atoms with Crippen LogP contribution >= 0.6 is 23.2 Å². The first-order valence-corrected chi connectivity index (χ1v) is 11.3. The third-order valence-corrected chi connectivity index (χ3v) is 5.25. The molecule has 0 fully saturated rings. The highest BCUT2D eigenvalue weighted by molar-refractivity contribution is 6.36.